The van der Waals surface area contributed by atoms with Gasteiger partial charge in [0, 0.05) is 37.5 Å². The van der Waals surface area contributed by atoms with Crippen molar-refractivity contribution in [1.29, 1.82) is 0 Å². The molecular weight excluding hydrogens is 373 g/mol. The second-order valence-electron chi connectivity index (χ2n) is 6.95. The molecule has 29 heavy (non-hydrogen) atoms. The minimum atomic E-state index is -0.373. The second kappa shape index (κ2) is 8.30. The summed E-state index contributed by atoms with van der Waals surface area (Å²) in [6, 6.07) is 5.89. The van der Waals surface area contributed by atoms with Crippen LogP contribution in [0.25, 0.3) is 0 Å². The van der Waals surface area contributed by atoms with Crippen LogP contribution in [-0.2, 0) is 0 Å². The van der Waals surface area contributed by atoms with Gasteiger partial charge in [0.2, 0.25) is 5.88 Å². The third-order valence-electron chi connectivity index (χ3n) is 4.85. The van der Waals surface area contributed by atoms with Crippen LogP contribution in [0, 0.1) is 12.7 Å². The first kappa shape index (κ1) is 18.9. The Morgan fingerprint density at radius 3 is 2.69 bits per heavy atom. The Bertz CT molecular complexity index is 1000. The Kier molecular flexibility index (Phi) is 5.41. The third kappa shape index (κ3) is 4.53. The van der Waals surface area contributed by atoms with E-state index < -0.39 is 0 Å². The SMILES string of the molecule is Cc1cnc(C(=O)N2CCC(c3cncc(Oc4cccc(F)c4)n3)CC2)cn1. The zero-order valence-corrected chi connectivity index (χ0v) is 16.0. The normalized spacial score (nSPS) is 14.6. The molecule has 0 radical (unpaired) electrons. The highest BCUT2D eigenvalue weighted by atomic mass is 19.1. The summed E-state index contributed by atoms with van der Waals surface area (Å²) in [5.74, 6) is 0.386. The summed E-state index contributed by atoms with van der Waals surface area (Å²) in [5.41, 5.74) is 1.94. The van der Waals surface area contributed by atoms with Gasteiger partial charge >= 0.3 is 0 Å². The first-order valence-electron chi connectivity index (χ1n) is 9.42. The van der Waals surface area contributed by atoms with E-state index in [1.807, 2.05) is 6.92 Å². The molecule has 1 saturated heterocycles. The molecule has 2 aromatic heterocycles. The predicted octanol–water partition coefficient (Wildman–Crippen LogP) is 3.53. The Morgan fingerprint density at radius 2 is 1.97 bits per heavy atom. The number of ether oxygens (including phenoxy) is 1. The lowest BCUT2D eigenvalue weighted by Gasteiger charge is -2.31. The maximum absolute atomic E-state index is 13.3. The fourth-order valence-electron chi connectivity index (χ4n) is 3.30. The van der Waals surface area contributed by atoms with Gasteiger partial charge < -0.3 is 9.64 Å². The van der Waals surface area contributed by atoms with Crippen molar-refractivity contribution in [3.8, 4) is 11.6 Å². The lowest BCUT2D eigenvalue weighted by atomic mass is 9.93. The van der Waals surface area contributed by atoms with E-state index in [9.17, 15) is 9.18 Å². The molecule has 7 nitrogen and oxygen atoms in total. The van der Waals surface area contributed by atoms with Crippen LogP contribution in [0.1, 0.15) is 40.6 Å². The molecule has 1 amide bonds. The van der Waals surface area contributed by atoms with Gasteiger partial charge in [0.15, 0.2) is 0 Å². The van der Waals surface area contributed by atoms with Crippen molar-refractivity contribution < 1.29 is 13.9 Å². The van der Waals surface area contributed by atoms with Gasteiger partial charge in [0.25, 0.3) is 5.91 Å². The Hall–Kier alpha value is -3.42. The van der Waals surface area contributed by atoms with E-state index in [0.29, 0.717) is 30.4 Å². The number of carbonyl (C=O) groups is 1. The van der Waals surface area contributed by atoms with Crippen molar-refractivity contribution in [1.82, 2.24) is 24.8 Å². The molecule has 0 bridgehead atoms. The number of carbonyl (C=O) groups excluding carboxylic acids is 1. The number of rotatable bonds is 4. The van der Waals surface area contributed by atoms with Gasteiger partial charge in [0.05, 0.1) is 23.8 Å². The number of aromatic nitrogens is 4. The van der Waals surface area contributed by atoms with E-state index in [1.165, 1.54) is 24.5 Å². The maximum Gasteiger partial charge on any atom is 0.274 e. The summed E-state index contributed by atoms with van der Waals surface area (Å²) < 4.78 is 19.0. The molecule has 1 aliphatic heterocycles. The number of amides is 1. The number of likely N-dealkylation sites (tertiary alicyclic amines) is 1. The van der Waals surface area contributed by atoms with Crippen LogP contribution in [0.2, 0.25) is 0 Å². The lowest BCUT2D eigenvalue weighted by Crippen LogP contribution is -2.38. The summed E-state index contributed by atoms with van der Waals surface area (Å²) in [6.45, 7) is 3.05. The predicted molar refractivity (Wildman–Crippen MR) is 103 cm³/mol. The third-order valence-corrected chi connectivity index (χ3v) is 4.85. The fraction of sp³-hybridized carbons (Fsp3) is 0.286. The van der Waals surface area contributed by atoms with Gasteiger partial charge in [-0.1, -0.05) is 6.07 Å². The van der Waals surface area contributed by atoms with E-state index in [2.05, 4.69) is 19.9 Å². The van der Waals surface area contributed by atoms with Crippen molar-refractivity contribution in [2.24, 2.45) is 0 Å². The Balaban J connectivity index is 1.39. The van der Waals surface area contributed by atoms with Gasteiger partial charge in [-0.05, 0) is 31.9 Å². The Labute approximate surface area is 167 Å². The number of benzene rings is 1. The van der Waals surface area contributed by atoms with Gasteiger partial charge in [-0.15, -0.1) is 0 Å². The van der Waals surface area contributed by atoms with Gasteiger partial charge in [-0.3, -0.25) is 14.8 Å². The molecule has 1 aromatic carbocycles. The van der Waals surface area contributed by atoms with Gasteiger partial charge in [-0.2, -0.15) is 0 Å². The van der Waals surface area contributed by atoms with Gasteiger partial charge in [-0.25, -0.2) is 14.4 Å². The first-order chi connectivity index (χ1) is 14.1. The zero-order valence-electron chi connectivity index (χ0n) is 16.0. The minimum absolute atomic E-state index is 0.106. The molecule has 0 spiro atoms. The summed E-state index contributed by atoms with van der Waals surface area (Å²) >= 11 is 0. The van der Waals surface area contributed by atoms with Crippen LogP contribution in [0.5, 0.6) is 11.6 Å². The molecule has 1 aliphatic rings. The highest BCUT2D eigenvalue weighted by molar-refractivity contribution is 5.92. The maximum atomic E-state index is 13.3. The first-order valence-corrected chi connectivity index (χ1v) is 9.42. The van der Waals surface area contributed by atoms with Crippen molar-refractivity contribution in [3.63, 3.8) is 0 Å². The number of hydrogen-bond donors (Lipinski definition) is 0. The molecule has 0 N–H and O–H groups in total. The number of piperidine rings is 1. The number of hydrogen-bond acceptors (Lipinski definition) is 6. The van der Waals surface area contributed by atoms with Crippen LogP contribution in [0.4, 0.5) is 4.39 Å². The van der Waals surface area contributed by atoms with E-state index in [0.717, 1.165) is 24.2 Å². The molecule has 4 rings (SSSR count). The van der Waals surface area contributed by atoms with Crippen LogP contribution in [0.3, 0.4) is 0 Å². The van der Waals surface area contributed by atoms with E-state index in [1.54, 1.807) is 29.4 Å². The Morgan fingerprint density at radius 1 is 1.14 bits per heavy atom. The van der Waals surface area contributed by atoms with E-state index in [4.69, 9.17) is 4.74 Å². The summed E-state index contributed by atoms with van der Waals surface area (Å²) in [5, 5.41) is 0. The number of aryl methyl sites for hydroxylation is 1. The molecule has 148 valence electrons. The highest BCUT2D eigenvalue weighted by Gasteiger charge is 2.26. The average molecular weight is 393 g/mol. The zero-order chi connectivity index (χ0) is 20.2. The molecule has 8 heteroatoms. The van der Waals surface area contributed by atoms with Crippen LogP contribution < -0.4 is 4.74 Å². The molecular formula is C21H20FN5O2. The lowest BCUT2D eigenvalue weighted by molar-refractivity contribution is 0.0705. The minimum Gasteiger partial charge on any atom is -0.437 e. The standard InChI is InChI=1S/C21H20FN5O2/c1-14-10-25-19(12-24-14)21(28)27-7-5-15(6-8-27)18-11-23-13-20(26-18)29-17-4-2-3-16(22)9-17/h2-4,9-13,15H,5-8H2,1H3. The van der Waals surface area contributed by atoms with Crippen LogP contribution in [0.15, 0.2) is 49.1 Å². The number of nitrogens with zero attached hydrogens (tertiary/aromatic N) is 5. The second-order valence-corrected chi connectivity index (χ2v) is 6.95. The van der Waals surface area contributed by atoms with E-state index in [-0.39, 0.29) is 17.6 Å². The van der Waals surface area contributed by atoms with Crippen molar-refractivity contribution in [2.45, 2.75) is 25.7 Å². The van der Waals surface area contributed by atoms with Crippen LogP contribution >= 0.6 is 0 Å². The van der Waals surface area contributed by atoms with Crippen LogP contribution in [-0.4, -0.2) is 43.8 Å². The molecule has 0 atom stereocenters. The van der Waals surface area contributed by atoms with E-state index >= 15 is 0 Å². The van der Waals surface area contributed by atoms with Crippen molar-refractivity contribution in [3.05, 3.63) is 72.0 Å². The highest BCUT2D eigenvalue weighted by Crippen LogP contribution is 2.29. The monoisotopic (exact) mass is 393 g/mol. The summed E-state index contributed by atoms with van der Waals surface area (Å²) in [7, 11) is 0. The molecule has 0 saturated carbocycles. The quantitative estimate of drug-likeness (QED) is 0.675. The average Bonchev–Trinajstić information content (AvgIpc) is 2.74. The fourth-order valence-corrected chi connectivity index (χ4v) is 3.30. The topological polar surface area (TPSA) is 81.1 Å². The molecule has 0 aliphatic carbocycles. The molecule has 0 unspecified atom stereocenters. The number of halogens is 1. The van der Waals surface area contributed by atoms with Crippen molar-refractivity contribution in [2.75, 3.05) is 13.1 Å². The smallest absolute Gasteiger partial charge is 0.274 e. The molecule has 3 heterocycles. The summed E-state index contributed by atoms with van der Waals surface area (Å²) in [6.07, 6.45) is 7.86. The largest absolute Gasteiger partial charge is 0.437 e. The van der Waals surface area contributed by atoms with Gasteiger partial charge in [0.1, 0.15) is 17.3 Å². The molecule has 1 fully saturated rings. The van der Waals surface area contributed by atoms with Crippen molar-refractivity contribution >= 4 is 5.91 Å². The summed E-state index contributed by atoms with van der Waals surface area (Å²) in [4.78, 5) is 31.4. The molecule has 3 aromatic rings.